The normalized spacial score (nSPS) is 23.6. The van der Waals surface area contributed by atoms with Gasteiger partial charge in [0.25, 0.3) is 0 Å². The standard InChI is InChI=1S/C28H29F3O8S/c29-28(30,31)40(33,34)39-24-23(19-35-16-20-10-4-1-5-11-20)38-27(32)26(37-18-22-14-8-3-9-15-22)25(24)36-17-21-12-6-2-7-13-21/h1-15,23-27,32H,16-19H2/t23-,24-,25-,26-,27+/m0/s1. The fraction of sp³-hybridized carbons (Fsp3) is 0.357. The van der Waals surface area contributed by atoms with Crippen LogP contribution in [0.15, 0.2) is 91.0 Å². The fourth-order valence-electron chi connectivity index (χ4n) is 4.11. The molecule has 0 aromatic heterocycles. The topological polar surface area (TPSA) is 101 Å². The lowest BCUT2D eigenvalue weighted by Gasteiger charge is -2.43. The fourth-order valence-corrected chi connectivity index (χ4v) is 4.75. The number of ether oxygens (including phenoxy) is 4. The second-order valence-electron chi connectivity index (χ2n) is 9.05. The lowest BCUT2D eigenvalue weighted by molar-refractivity contribution is -0.305. The molecular weight excluding hydrogens is 553 g/mol. The molecule has 40 heavy (non-hydrogen) atoms. The molecule has 0 saturated carbocycles. The smallest absolute Gasteiger partial charge is 0.374 e. The third-order valence-corrected chi connectivity index (χ3v) is 7.14. The quantitative estimate of drug-likeness (QED) is 0.249. The number of aliphatic hydroxyl groups excluding tert-OH is 1. The molecule has 216 valence electrons. The predicted molar refractivity (Wildman–Crippen MR) is 137 cm³/mol. The summed E-state index contributed by atoms with van der Waals surface area (Å²) in [7, 11) is -6.08. The monoisotopic (exact) mass is 582 g/mol. The molecule has 0 bridgehead atoms. The Morgan fingerprint density at radius 1 is 0.700 bits per heavy atom. The van der Waals surface area contributed by atoms with E-state index in [1.165, 1.54) is 0 Å². The summed E-state index contributed by atoms with van der Waals surface area (Å²) in [6.07, 6.45) is -7.90. The number of benzene rings is 3. The number of hydrogen-bond donors (Lipinski definition) is 1. The average Bonchev–Trinajstić information content (AvgIpc) is 2.94. The first-order valence-electron chi connectivity index (χ1n) is 12.4. The molecule has 0 spiro atoms. The van der Waals surface area contributed by atoms with Gasteiger partial charge in [-0.2, -0.15) is 21.6 Å². The van der Waals surface area contributed by atoms with Crippen LogP contribution in [0.3, 0.4) is 0 Å². The third kappa shape index (κ3) is 8.10. The highest BCUT2D eigenvalue weighted by Crippen LogP contribution is 2.34. The molecule has 4 rings (SSSR count). The van der Waals surface area contributed by atoms with Crippen molar-refractivity contribution in [2.75, 3.05) is 6.61 Å². The van der Waals surface area contributed by atoms with Gasteiger partial charge in [0.1, 0.15) is 24.4 Å². The summed E-state index contributed by atoms with van der Waals surface area (Å²) in [5, 5.41) is 10.9. The molecule has 3 aromatic rings. The Balaban J connectivity index is 1.61. The number of aliphatic hydroxyl groups is 1. The van der Waals surface area contributed by atoms with Crippen molar-refractivity contribution in [3.63, 3.8) is 0 Å². The Morgan fingerprint density at radius 3 is 1.62 bits per heavy atom. The molecule has 8 nitrogen and oxygen atoms in total. The predicted octanol–water partition coefficient (Wildman–Crippen LogP) is 4.33. The molecule has 0 unspecified atom stereocenters. The summed E-state index contributed by atoms with van der Waals surface area (Å²) < 4.78 is 92.2. The molecule has 1 fully saturated rings. The molecule has 3 aromatic carbocycles. The van der Waals surface area contributed by atoms with Crippen LogP contribution in [0.2, 0.25) is 0 Å². The highest BCUT2D eigenvalue weighted by Gasteiger charge is 2.55. The van der Waals surface area contributed by atoms with Crippen LogP contribution in [0, 0.1) is 0 Å². The molecule has 1 saturated heterocycles. The van der Waals surface area contributed by atoms with Gasteiger partial charge in [-0.15, -0.1) is 0 Å². The van der Waals surface area contributed by atoms with Crippen molar-refractivity contribution >= 4 is 10.1 Å². The minimum absolute atomic E-state index is 0.0546. The van der Waals surface area contributed by atoms with Crippen LogP contribution in [0.4, 0.5) is 13.2 Å². The van der Waals surface area contributed by atoms with Crippen molar-refractivity contribution < 1.29 is 49.8 Å². The van der Waals surface area contributed by atoms with E-state index in [0.29, 0.717) is 11.1 Å². The van der Waals surface area contributed by atoms with Crippen molar-refractivity contribution in [1.82, 2.24) is 0 Å². The van der Waals surface area contributed by atoms with E-state index in [4.69, 9.17) is 23.1 Å². The molecule has 1 N–H and O–H groups in total. The van der Waals surface area contributed by atoms with E-state index in [2.05, 4.69) is 0 Å². The Labute approximate surface area is 230 Å². The van der Waals surface area contributed by atoms with Crippen molar-refractivity contribution in [2.45, 2.75) is 56.0 Å². The molecule has 5 atom stereocenters. The van der Waals surface area contributed by atoms with E-state index < -0.39 is 52.9 Å². The molecule has 0 radical (unpaired) electrons. The molecule has 0 aliphatic carbocycles. The second-order valence-corrected chi connectivity index (χ2v) is 10.6. The lowest BCUT2D eigenvalue weighted by Crippen LogP contribution is -2.62. The molecule has 1 aliphatic rings. The Morgan fingerprint density at radius 2 is 1.15 bits per heavy atom. The average molecular weight is 583 g/mol. The minimum atomic E-state index is -6.08. The number of alkyl halides is 3. The summed E-state index contributed by atoms with van der Waals surface area (Å²) in [6.45, 7) is -0.544. The van der Waals surface area contributed by atoms with E-state index in [1.807, 2.05) is 0 Å². The van der Waals surface area contributed by atoms with Gasteiger partial charge in [0.15, 0.2) is 6.29 Å². The van der Waals surface area contributed by atoms with Gasteiger partial charge in [-0.3, -0.25) is 4.18 Å². The molecule has 1 aliphatic heterocycles. The van der Waals surface area contributed by atoms with E-state index in [9.17, 15) is 26.7 Å². The van der Waals surface area contributed by atoms with Gasteiger partial charge in [-0.25, -0.2) is 0 Å². The number of halogens is 3. The van der Waals surface area contributed by atoms with Crippen molar-refractivity contribution in [3.8, 4) is 0 Å². The van der Waals surface area contributed by atoms with Gasteiger partial charge < -0.3 is 24.1 Å². The number of rotatable bonds is 12. The van der Waals surface area contributed by atoms with Gasteiger partial charge in [0, 0.05) is 0 Å². The maximum Gasteiger partial charge on any atom is 0.523 e. The van der Waals surface area contributed by atoms with Crippen molar-refractivity contribution in [2.24, 2.45) is 0 Å². The van der Waals surface area contributed by atoms with Gasteiger partial charge in [0.2, 0.25) is 0 Å². The summed E-state index contributed by atoms with van der Waals surface area (Å²) in [4.78, 5) is 0. The zero-order chi connectivity index (χ0) is 28.6. The summed E-state index contributed by atoms with van der Waals surface area (Å²) in [5.41, 5.74) is -3.59. The van der Waals surface area contributed by atoms with E-state index >= 15 is 0 Å². The van der Waals surface area contributed by atoms with Crippen LogP contribution < -0.4 is 0 Å². The maximum atomic E-state index is 13.4. The first kappa shape index (κ1) is 30.1. The third-order valence-electron chi connectivity index (χ3n) is 6.09. The first-order chi connectivity index (χ1) is 19.1. The van der Waals surface area contributed by atoms with Gasteiger partial charge in [-0.05, 0) is 16.7 Å². The lowest BCUT2D eigenvalue weighted by atomic mass is 9.98. The van der Waals surface area contributed by atoms with E-state index in [-0.39, 0.29) is 19.8 Å². The van der Waals surface area contributed by atoms with Gasteiger partial charge in [0.05, 0.1) is 26.4 Å². The molecule has 12 heteroatoms. The van der Waals surface area contributed by atoms with Crippen LogP contribution in [0.5, 0.6) is 0 Å². The largest absolute Gasteiger partial charge is 0.523 e. The van der Waals surface area contributed by atoms with E-state index in [0.717, 1.165) is 5.56 Å². The Bertz CT molecular complexity index is 1280. The van der Waals surface area contributed by atoms with Crippen LogP contribution >= 0.6 is 0 Å². The highest BCUT2D eigenvalue weighted by atomic mass is 32.2. The zero-order valence-electron chi connectivity index (χ0n) is 21.2. The van der Waals surface area contributed by atoms with Crippen molar-refractivity contribution in [3.05, 3.63) is 108 Å². The van der Waals surface area contributed by atoms with Crippen LogP contribution in [-0.4, -0.2) is 56.3 Å². The highest BCUT2D eigenvalue weighted by molar-refractivity contribution is 7.87. The van der Waals surface area contributed by atoms with Crippen LogP contribution in [0.1, 0.15) is 16.7 Å². The zero-order valence-corrected chi connectivity index (χ0v) is 22.0. The van der Waals surface area contributed by atoms with Crippen LogP contribution in [0.25, 0.3) is 0 Å². The molecule has 1 heterocycles. The Kier molecular flexibility index (Phi) is 10.3. The summed E-state index contributed by atoms with van der Waals surface area (Å²) in [5.74, 6) is 0. The maximum absolute atomic E-state index is 13.4. The van der Waals surface area contributed by atoms with E-state index in [1.54, 1.807) is 91.0 Å². The minimum Gasteiger partial charge on any atom is -0.374 e. The van der Waals surface area contributed by atoms with Crippen LogP contribution in [-0.2, 0) is 53.1 Å². The second kappa shape index (κ2) is 13.7. The molecular formula is C28H29F3O8S. The molecule has 0 amide bonds. The van der Waals surface area contributed by atoms with Crippen molar-refractivity contribution in [1.29, 1.82) is 0 Å². The SMILES string of the molecule is O=S(=O)(O[C@@H]1[C@H](OCc2ccccc2)[C@H](OCc2ccccc2)[C@H](O)O[C@H]1COCc1ccccc1)C(F)(F)F. The number of hydrogen-bond acceptors (Lipinski definition) is 8. The van der Waals surface area contributed by atoms with Gasteiger partial charge in [-0.1, -0.05) is 91.0 Å². The summed E-state index contributed by atoms with van der Waals surface area (Å²) >= 11 is 0. The van der Waals surface area contributed by atoms with Gasteiger partial charge >= 0.3 is 15.6 Å². The first-order valence-corrected chi connectivity index (χ1v) is 13.8. The Hall–Kier alpha value is -2.84. The summed E-state index contributed by atoms with van der Waals surface area (Å²) in [6, 6.07) is 26.4.